The van der Waals surface area contributed by atoms with Crippen molar-refractivity contribution in [2.24, 2.45) is 0 Å². The van der Waals surface area contributed by atoms with Crippen LogP contribution >= 0.6 is 43.6 Å². The number of esters is 1. The van der Waals surface area contributed by atoms with Crippen LogP contribution in [0, 0.1) is 0 Å². The fourth-order valence-corrected chi connectivity index (χ4v) is 4.63. The van der Waals surface area contributed by atoms with Crippen molar-refractivity contribution in [2.45, 2.75) is 6.92 Å². The first-order chi connectivity index (χ1) is 16.2. The summed E-state index contributed by atoms with van der Waals surface area (Å²) in [5.41, 5.74) is 0.954. The first-order valence-corrected chi connectivity index (χ1v) is 12.3. The number of amides is 2. The highest BCUT2D eigenvalue weighted by Gasteiger charge is 2.36. The Morgan fingerprint density at radius 2 is 1.82 bits per heavy atom. The summed E-state index contributed by atoms with van der Waals surface area (Å²) in [5.74, 6) is -0.816. The van der Waals surface area contributed by atoms with Gasteiger partial charge in [-0.2, -0.15) is 0 Å². The second-order valence-corrected chi connectivity index (χ2v) is 9.59. The molecule has 178 valence electrons. The number of hydrogen-bond acceptors (Lipinski definition) is 8. The molecule has 0 saturated carbocycles. The molecule has 1 aliphatic heterocycles. The van der Waals surface area contributed by atoms with Gasteiger partial charge >= 0.3 is 5.97 Å². The third kappa shape index (κ3) is 6.28. The third-order valence-electron chi connectivity index (χ3n) is 4.53. The van der Waals surface area contributed by atoms with Crippen LogP contribution in [-0.4, -0.2) is 54.7 Å². The number of ether oxygens (including phenoxy) is 3. The number of rotatable bonds is 9. The van der Waals surface area contributed by atoms with Crippen LogP contribution in [0.3, 0.4) is 0 Å². The van der Waals surface area contributed by atoms with Crippen molar-refractivity contribution in [3.05, 3.63) is 61.4 Å². The monoisotopic (exact) mass is 611 g/mol. The van der Waals surface area contributed by atoms with Crippen LogP contribution in [0.15, 0.2) is 50.2 Å². The van der Waals surface area contributed by atoms with E-state index in [0.717, 1.165) is 21.1 Å². The molecule has 2 amide bonds. The van der Waals surface area contributed by atoms with Crippen molar-refractivity contribution < 1.29 is 33.4 Å². The highest BCUT2D eigenvalue weighted by atomic mass is 79.9. The Morgan fingerprint density at radius 3 is 2.47 bits per heavy atom. The van der Waals surface area contributed by atoms with Gasteiger partial charge in [0.2, 0.25) is 0 Å². The lowest BCUT2D eigenvalue weighted by Crippen LogP contribution is -2.33. The Balaban J connectivity index is 1.77. The lowest BCUT2D eigenvalue weighted by Gasteiger charge is -2.13. The van der Waals surface area contributed by atoms with E-state index in [9.17, 15) is 19.2 Å². The van der Waals surface area contributed by atoms with Gasteiger partial charge in [0.25, 0.3) is 11.1 Å². The summed E-state index contributed by atoms with van der Waals surface area (Å²) in [6, 6.07) is 9.93. The van der Waals surface area contributed by atoms with E-state index in [-0.39, 0.29) is 30.4 Å². The molecular weight excluding hydrogens is 594 g/mol. The van der Waals surface area contributed by atoms with Crippen LogP contribution < -0.4 is 9.47 Å². The molecule has 0 aliphatic carbocycles. The zero-order chi connectivity index (χ0) is 24.8. The number of benzene rings is 2. The number of carbonyl (C=O) groups is 4. The number of imide groups is 1. The average Bonchev–Trinajstić information content (AvgIpc) is 3.05. The Morgan fingerprint density at radius 1 is 1.12 bits per heavy atom. The van der Waals surface area contributed by atoms with Gasteiger partial charge in [-0.3, -0.25) is 19.3 Å². The molecule has 0 spiro atoms. The largest absolute Gasteiger partial charge is 0.493 e. The third-order valence-corrected chi connectivity index (χ3v) is 6.56. The molecule has 0 unspecified atom stereocenters. The van der Waals surface area contributed by atoms with Crippen LogP contribution in [0.4, 0.5) is 4.79 Å². The Labute approximate surface area is 216 Å². The van der Waals surface area contributed by atoms with Gasteiger partial charge in [0.1, 0.15) is 0 Å². The zero-order valence-corrected chi connectivity index (χ0v) is 22.1. The predicted molar refractivity (Wildman–Crippen MR) is 134 cm³/mol. The van der Waals surface area contributed by atoms with Crippen LogP contribution in [0.25, 0.3) is 6.08 Å². The van der Waals surface area contributed by atoms with Crippen LogP contribution in [0.5, 0.6) is 11.5 Å². The van der Waals surface area contributed by atoms with Crippen molar-refractivity contribution in [3.63, 3.8) is 0 Å². The average molecular weight is 613 g/mol. The maximum Gasteiger partial charge on any atom is 0.344 e. The van der Waals surface area contributed by atoms with Crippen molar-refractivity contribution in [1.82, 2.24) is 4.90 Å². The van der Waals surface area contributed by atoms with E-state index < -0.39 is 17.1 Å². The molecule has 11 heteroatoms. The molecule has 1 fully saturated rings. The summed E-state index contributed by atoms with van der Waals surface area (Å²) in [5, 5.41) is -0.526. The molecule has 1 saturated heterocycles. The molecule has 0 aromatic heterocycles. The molecule has 2 aromatic carbocycles. The molecule has 0 radical (unpaired) electrons. The normalized spacial score (nSPS) is 14.5. The number of hydrogen-bond donors (Lipinski definition) is 0. The minimum atomic E-state index is -0.557. The van der Waals surface area contributed by atoms with Crippen LogP contribution in [-0.2, 0) is 14.3 Å². The molecule has 3 rings (SSSR count). The highest BCUT2D eigenvalue weighted by Crippen LogP contribution is 2.39. The molecule has 0 N–H and O–H groups in total. The summed E-state index contributed by atoms with van der Waals surface area (Å²) in [7, 11) is 1.43. The summed E-state index contributed by atoms with van der Waals surface area (Å²) in [4.78, 5) is 50.4. The first kappa shape index (κ1) is 26.0. The number of halogens is 2. The number of nitrogens with zero attached hydrogens (tertiary/aromatic N) is 1. The van der Waals surface area contributed by atoms with Crippen LogP contribution in [0.2, 0.25) is 0 Å². The minimum Gasteiger partial charge on any atom is -0.493 e. The fourth-order valence-electron chi connectivity index (χ4n) is 2.96. The second kappa shape index (κ2) is 11.7. The van der Waals surface area contributed by atoms with Gasteiger partial charge in [-0.1, -0.05) is 28.1 Å². The number of ketones is 1. The maximum absolute atomic E-state index is 12.8. The molecule has 8 nitrogen and oxygen atoms in total. The molecule has 0 atom stereocenters. The summed E-state index contributed by atoms with van der Waals surface area (Å²) < 4.78 is 17.0. The van der Waals surface area contributed by atoms with Gasteiger partial charge in [-0.15, -0.1) is 0 Å². The second-order valence-electron chi connectivity index (χ2n) is 6.83. The smallest absolute Gasteiger partial charge is 0.344 e. The molecular formula is C23H19Br2NO7S. The number of thioether (sulfide) groups is 1. The quantitative estimate of drug-likeness (QED) is 0.220. The number of carbonyl (C=O) groups excluding carboxylic acids is 4. The van der Waals surface area contributed by atoms with Crippen LogP contribution in [0.1, 0.15) is 22.8 Å². The van der Waals surface area contributed by atoms with E-state index in [2.05, 4.69) is 31.9 Å². The van der Waals surface area contributed by atoms with Crippen molar-refractivity contribution in [1.29, 1.82) is 0 Å². The van der Waals surface area contributed by atoms with E-state index in [0.29, 0.717) is 27.1 Å². The van der Waals surface area contributed by atoms with E-state index in [1.54, 1.807) is 43.3 Å². The van der Waals surface area contributed by atoms with E-state index >= 15 is 0 Å². The molecule has 34 heavy (non-hydrogen) atoms. The van der Waals surface area contributed by atoms with Gasteiger partial charge in [0, 0.05) is 10.0 Å². The predicted octanol–water partition coefficient (Wildman–Crippen LogP) is 5.08. The number of methoxy groups -OCH3 is 1. The summed E-state index contributed by atoms with van der Waals surface area (Å²) in [6.07, 6.45) is 1.53. The maximum atomic E-state index is 12.8. The minimum absolute atomic E-state index is 0.169. The Kier molecular flexibility index (Phi) is 8.92. The molecule has 2 aromatic rings. The lowest BCUT2D eigenvalue weighted by atomic mass is 10.1. The number of Topliss-reactive ketones (excluding diaryl/α,β-unsaturated/α-hetero) is 1. The van der Waals surface area contributed by atoms with E-state index in [1.807, 2.05) is 0 Å². The fraction of sp³-hybridized carbons (Fsp3) is 0.217. The lowest BCUT2D eigenvalue weighted by molar-refractivity contribution is -0.145. The molecule has 0 bridgehead atoms. The van der Waals surface area contributed by atoms with E-state index in [1.165, 1.54) is 13.2 Å². The van der Waals surface area contributed by atoms with Gasteiger partial charge in [-0.25, -0.2) is 4.79 Å². The van der Waals surface area contributed by atoms with Gasteiger partial charge < -0.3 is 14.2 Å². The zero-order valence-electron chi connectivity index (χ0n) is 18.1. The molecule has 1 heterocycles. The van der Waals surface area contributed by atoms with E-state index in [4.69, 9.17) is 14.2 Å². The summed E-state index contributed by atoms with van der Waals surface area (Å²) in [6.45, 7) is 1.29. The van der Waals surface area contributed by atoms with Crippen molar-refractivity contribution in [3.8, 4) is 11.5 Å². The van der Waals surface area contributed by atoms with Gasteiger partial charge in [-0.05, 0) is 70.5 Å². The van der Waals surface area contributed by atoms with Crippen molar-refractivity contribution in [2.75, 3.05) is 26.9 Å². The van der Waals surface area contributed by atoms with Gasteiger partial charge in [0.15, 0.2) is 23.9 Å². The first-order valence-electron chi connectivity index (χ1n) is 9.93. The van der Waals surface area contributed by atoms with Gasteiger partial charge in [0.05, 0.1) is 29.6 Å². The highest BCUT2D eigenvalue weighted by molar-refractivity contribution is 9.10. The Hall–Kier alpha value is -2.63. The molecule has 1 aliphatic rings. The Bertz CT molecular complexity index is 1160. The summed E-state index contributed by atoms with van der Waals surface area (Å²) >= 11 is 7.43. The topological polar surface area (TPSA) is 99.2 Å². The standard InChI is InChI=1S/C23H19Br2NO7S/c1-3-32-20(28)12-33-21-16(25)8-13(9-18(21)31-2)10-19-22(29)26(23(30)34-19)11-17(27)14-4-6-15(24)7-5-14/h4-10H,3,11-12H2,1-2H3/b19-10-. The van der Waals surface area contributed by atoms with Crippen molar-refractivity contribution >= 4 is 72.6 Å². The SMILES string of the molecule is CCOC(=O)COc1c(Br)cc(/C=C2\SC(=O)N(CC(=O)c3ccc(Br)cc3)C2=O)cc1OC.